The molecule has 0 spiro atoms. The molecule has 124 valence electrons. The Morgan fingerprint density at radius 3 is 2.78 bits per heavy atom. The first-order chi connectivity index (χ1) is 11.1. The van der Waals surface area contributed by atoms with E-state index >= 15 is 0 Å². The topological polar surface area (TPSA) is 59.5 Å². The van der Waals surface area contributed by atoms with Crippen molar-refractivity contribution < 1.29 is 13.2 Å². The summed E-state index contributed by atoms with van der Waals surface area (Å²) in [7, 11) is -3.37. The van der Waals surface area contributed by atoms with Crippen molar-refractivity contribution in [3.63, 3.8) is 0 Å². The average molecular weight is 352 g/mol. The fraction of sp³-hybridized carbons (Fsp3) is 0.438. The quantitative estimate of drug-likeness (QED) is 0.830. The lowest BCUT2D eigenvalue weighted by Gasteiger charge is -2.31. The number of hydrogen-bond donors (Lipinski definition) is 0. The van der Waals surface area contributed by atoms with Gasteiger partial charge in [-0.3, -0.25) is 4.98 Å². The van der Waals surface area contributed by atoms with Gasteiger partial charge in [-0.1, -0.05) is 0 Å². The molecule has 1 saturated heterocycles. The standard InChI is InChI=1S/C16H20N2O3S2/c1-13-4-5-16(22-13)23(19,20)18-10-2-3-14(11-18)12-21-15-6-8-17-9-7-15/h4-9,14H,2-3,10-12H2,1H3. The maximum absolute atomic E-state index is 12.7. The van der Waals surface area contributed by atoms with Crippen LogP contribution in [0.15, 0.2) is 40.9 Å². The predicted octanol–water partition coefficient (Wildman–Crippen LogP) is 2.93. The van der Waals surface area contributed by atoms with E-state index in [1.165, 1.54) is 11.3 Å². The Labute approximate surface area is 141 Å². The minimum absolute atomic E-state index is 0.216. The van der Waals surface area contributed by atoms with Crippen LogP contribution in [0.1, 0.15) is 17.7 Å². The average Bonchev–Trinajstić information content (AvgIpc) is 3.01. The molecule has 0 saturated carbocycles. The summed E-state index contributed by atoms with van der Waals surface area (Å²) in [4.78, 5) is 4.97. The van der Waals surface area contributed by atoms with Gasteiger partial charge in [-0.15, -0.1) is 11.3 Å². The molecular formula is C16H20N2O3S2. The van der Waals surface area contributed by atoms with Gasteiger partial charge >= 0.3 is 0 Å². The van der Waals surface area contributed by atoms with E-state index in [0.29, 0.717) is 23.9 Å². The largest absolute Gasteiger partial charge is 0.493 e. The van der Waals surface area contributed by atoms with Gasteiger partial charge in [0.25, 0.3) is 10.0 Å². The molecule has 23 heavy (non-hydrogen) atoms. The number of piperidine rings is 1. The van der Waals surface area contributed by atoms with Crippen molar-refractivity contribution in [2.75, 3.05) is 19.7 Å². The molecule has 7 heteroatoms. The number of ether oxygens (including phenoxy) is 1. The van der Waals surface area contributed by atoms with Crippen LogP contribution in [-0.2, 0) is 10.0 Å². The molecule has 0 aliphatic carbocycles. The zero-order valence-electron chi connectivity index (χ0n) is 13.0. The molecule has 0 bridgehead atoms. The smallest absolute Gasteiger partial charge is 0.252 e. The molecule has 0 radical (unpaired) electrons. The summed E-state index contributed by atoms with van der Waals surface area (Å²) in [5.41, 5.74) is 0. The third-order valence-corrected chi connectivity index (χ3v) is 7.26. The van der Waals surface area contributed by atoms with E-state index in [1.54, 1.807) is 22.8 Å². The van der Waals surface area contributed by atoms with Crippen LogP contribution in [0, 0.1) is 12.8 Å². The summed E-state index contributed by atoms with van der Waals surface area (Å²) < 4.78 is 33.2. The second-order valence-corrected chi connectivity index (χ2v) is 9.18. The summed E-state index contributed by atoms with van der Waals surface area (Å²) in [6.45, 7) is 3.56. The number of nitrogens with zero attached hydrogens (tertiary/aromatic N) is 2. The zero-order chi connectivity index (χ0) is 16.3. The fourth-order valence-electron chi connectivity index (χ4n) is 2.71. The normalized spacial score (nSPS) is 19.6. The highest BCUT2D eigenvalue weighted by molar-refractivity contribution is 7.91. The number of rotatable bonds is 5. The molecule has 1 aliphatic rings. The first kappa shape index (κ1) is 16.4. The maximum atomic E-state index is 12.7. The van der Waals surface area contributed by atoms with Gasteiger partial charge in [0.2, 0.25) is 0 Å². The van der Waals surface area contributed by atoms with Crippen LogP contribution < -0.4 is 4.74 Å². The van der Waals surface area contributed by atoms with Crippen LogP contribution in [0.25, 0.3) is 0 Å². The van der Waals surface area contributed by atoms with Crippen LogP contribution in [-0.4, -0.2) is 37.4 Å². The van der Waals surface area contributed by atoms with E-state index in [9.17, 15) is 8.42 Å². The number of aromatic nitrogens is 1. The van der Waals surface area contributed by atoms with Crippen LogP contribution in [0.4, 0.5) is 0 Å². The predicted molar refractivity (Wildman–Crippen MR) is 90.3 cm³/mol. The molecule has 0 aromatic carbocycles. The number of aryl methyl sites for hydroxylation is 1. The minimum Gasteiger partial charge on any atom is -0.493 e. The molecule has 1 unspecified atom stereocenters. The summed E-state index contributed by atoms with van der Waals surface area (Å²) >= 11 is 1.33. The Morgan fingerprint density at radius 1 is 1.30 bits per heavy atom. The minimum atomic E-state index is -3.37. The van der Waals surface area contributed by atoms with Crippen molar-refractivity contribution in [1.82, 2.24) is 9.29 Å². The van der Waals surface area contributed by atoms with Gasteiger partial charge in [0, 0.05) is 36.3 Å². The molecule has 1 atom stereocenters. The molecule has 0 amide bonds. The SMILES string of the molecule is Cc1ccc(S(=O)(=O)N2CCCC(COc3ccncc3)C2)s1. The Balaban J connectivity index is 1.64. The monoisotopic (exact) mass is 352 g/mol. The second kappa shape index (κ2) is 6.98. The molecule has 2 aromatic rings. The van der Waals surface area contributed by atoms with Crippen molar-refractivity contribution in [2.24, 2.45) is 5.92 Å². The van der Waals surface area contributed by atoms with Gasteiger partial charge in [0.1, 0.15) is 9.96 Å². The highest BCUT2D eigenvalue weighted by Crippen LogP contribution is 2.28. The fourth-order valence-corrected chi connectivity index (χ4v) is 5.70. The summed E-state index contributed by atoms with van der Waals surface area (Å²) in [5.74, 6) is 0.988. The number of hydrogen-bond acceptors (Lipinski definition) is 5. The highest BCUT2D eigenvalue weighted by Gasteiger charge is 2.31. The van der Waals surface area contributed by atoms with Crippen LogP contribution >= 0.6 is 11.3 Å². The molecule has 1 fully saturated rings. The van der Waals surface area contributed by atoms with E-state index in [4.69, 9.17) is 4.74 Å². The number of sulfonamides is 1. The van der Waals surface area contributed by atoms with Crippen molar-refractivity contribution in [3.05, 3.63) is 41.5 Å². The van der Waals surface area contributed by atoms with E-state index in [1.807, 2.05) is 25.1 Å². The van der Waals surface area contributed by atoms with E-state index in [-0.39, 0.29) is 5.92 Å². The highest BCUT2D eigenvalue weighted by atomic mass is 32.2. The third kappa shape index (κ3) is 3.91. The maximum Gasteiger partial charge on any atom is 0.252 e. The first-order valence-corrected chi connectivity index (χ1v) is 9.91. The summed E-state index contributed by atoms with van der Waals surface area (Å²) in [6.07, 6.45) is 5.23. The molecule has 1 aliphatic heterocycles. The summed E-state index contributed by atoms with van der Waals surface area (Å²) in [6, 6.07) is 7.18. The molecule has 3 rings (SSSR count). The molecular weight excluding hydrogens is 332 g/mol. The van der Waals surface area contributed by atoms with Crippen LogP contribution in [0.3, 0.4) is 0 Å². The Bertz CT molecular complexity index is 744. The first-order valence-electron chi connectivity index (χ1n) is 7.65. The van der Waals surface area contributed by atoms with E-state index in [0.717, 1.165) is 23.5 Å². The number of pyridine rings is 1. The molecule has 5 nitrogen and oxygen atoms in total. The van der Waals surface area contributed by atoms with Gasteiger partial charge < -0.3 is 4.74 Å². The zero-order valence-corrected chi connectivity index (χ0v) is 14.6. The molecule has 0 N–H and O–H groups in total. The van der Waals surface area contributed by atoms with Gasteiger partial charge in [-0.25, -0.2) is 8.42 Å². The van der Waals surface area contributed by atoms with Crippen LogP contribution in [0.5, 0.6) is 5.75 Å². The van der Waals surface area contributed by atoms with Crippen molar-refractivity contribution >= 4 is 21.4 Å². The lowest BCUT2D eigenvalue weighted by atomic mass is 10.0. The van der Waals surface area contributed by atoms with Crippen molar-refractivity contribution in [3.8, 4) is 5.75 Å². The summed E-state index contributed by atoms with van der Waals surface area (Å²) in [5, 5.41) is 0. The second-order valence-electron chi connectivity index (χ2n) is 5.73. The molecule has 3 heterocycles. The Hall–Kier alpha value is -1.44. The Morgan fingerprint density at radius 2 is 2.09 bits per heavy atom. The lowest BCUT2D eigenvalue weighted by Crippen LogP contribution is -2.41. The van der Waals surface area contributed by atoms with Gasteiger partial charge in [0.15, 0.2) is 0 Å². The van der Waals surface area contributed by atoms with Gasteiger partial charge in [-0.2, -0.15) is 4.31 Å². The Kier molecular flexibility index (Phi) is 4.99. The van der Waals surface area contributed by atoms with Crippen molar-refractivity contribution in [1.29, 1.82) is 0 Å². The van der Waals surface area contributed by atoms with Crippen molar-refractivity contribution in [2.45, 2.75) is 24.0 Å². The van der Waals surface area contributed by atoms with Gasteiger partial charge in [-0.05, 0) is 44.0 Å². The third-order valence-electron chi connectivity index (χ3n) is 3.93. The van der Waals surface area contributed by atoms with E-state index < -0.39 is 10.0 Å². The number of thiophene rings is 1. The molecule has 2 aromatic heterocycles. The van der Waals surface area contributed by atoms with E-state index in [2.05, 4.69) is 4.98 Å². The van der Waals surface area contributed by atoms with Gasteiger partial charge in [0.05, 0.1) is 6.61 Å². The lowest BCUT2D eigenvalue weighted by molar-refractivity contribution is 0.180. The van der Waals surface area contributed by atoms with Crippen LogP contribution in [0.2, 0.25) is 0 Å².